The van der Waals surface area contributed by atoms with Gasteiger partial charge in [0.1, 0.15) is 0 Å². The third-order valence-corrected chi connectivity index (χ3v) is 6.67. The van der Waals surface area contributed by atoms with Gasteiger partial charge in [0, 0.05) is 30.7 Å². The van der Waals surface area contributed by atoms with Gasteiger partial charge in [0.15, 0.2) is 11.2 Å². The third kappa shape index (κ3) is 4.63. The monoisotopic (exact) mass is 542 g/mol. The minimum absolute atomic E-state index is 0.00361. The van der Waals surface area contributed by atoms with Gasteiger partial charge >= 0.3 is 11.7 Å². The number of hydrogen-bond acceptors (Lipinski definition) is 7. The second-order valence-corrected chi connectivity index (χ2v) is 9.39. The van der Waals surface area contributed by atoms with Gasteiger partial charge in [-0.1, -0.05) is 27.9 Å². The van der Waals surface area contributed by atoms with Crippen LogP contribution in [0, 0.1) is 11.8 Å². The zero-order valence-electron chi connectivity index (χ0n) is 19.9. The van der Waals surface area contributed by atoms with E-state index in [1.807, 2.05) is 4.90 Å². The van der Waals surface area contributed by atoms with Gasteiger partial charge in [0.2, 0.25) is 5.95 Å². The first-order chi connectivity index (χ1) is 16.8. The van der Waals surface area contributed by atoms with Gasteiger partial charge in [-0.25, -0.2) is 9.59 Å². The quantitative estimate of drug-likeness (QED) is 0.383. The lowest BCUT2D eigenvalue weighted by Crippen LogP contribution is -2.44. The Morgan fingerprint density at radius 3 is 2.77 bits per heavy atom. The maximum atomic E-state index is 13.7. The molecule has 4 rings (SSSR count). The Hall–Kier alpha value is -3.36. The highest BCUT2D eigenvalue weighted by atomic mass is 79.9. The highest BCUT2D eigenvalue weighted by Crippen LogP contribution is 2.23. The Bertz CT molecular complexity index is 1480. The van der Waals surface area contributed by atoms with Gasteiger partial charge in [-0.3, -0.25) is 18.5 Å². The molecule has 0 amide bonds. The van der Waals surface area contributed by atoms with Crippen LogP contribution in [0.4, 0.5) is 5.95 Å². The molecule has 1 aromatic carbocycles. The molecule has 0 aliphatic carbocycles. The van der Waals surface area contributed by atoms with Crippen molar-refractivity contribution in [2.75, 3.05) is 25.1 Å². The van der Waals surface area contributed by atoms with Crippen molar-refractivity contribution in [2.45, 2.75) is 38.9 Å². The van der Waals surface area contributed by atoms with Crippen LogP contribution in [0.3, 0.4) is 0 Å². The van der Waals surface area contributed by atoms with Gasteiger partial charge in [-0.15, -0.1) is 5.92 Å². The number of fused-ring (bicyclic) bond motifs is 1. The van der Waals surface area contributed by atoms with Crippen molar-refractivity contribution >= 4 is 39.0 Å². The average Bonchev–Trinajstić information content (AvgIpc) is 3.24. The van der Waals surface area contributed by atoms with E-state index in [0.29, 0.717) is 22.5 Å². The maximum Gasteiger partial charge on any atom is 0.338 e. The molecule has 1 fully saturated rings. The summed E-state index contributed by atoms with van der Waals surface area (Å²) in [5.41, 5.74) is 6.48. The lowest BCUT2D eigenvalue weighted by molar-refractivity contribution is 0.0599. The van der Waals surface area contributed by atoms with E-state index in [1.165, 1.54) is 11.7 Å². The van der Waals surface area contributed by atoms with E-state index in [2.05, 4.69) is 27.8 Å². The molecule has 0 unspecified atom stereocenters. The normalized spacial score (nSPS) is 15.7. The second-order valence-electron chi connectivity index (χ2n) is 8.47. The van der Waals surface area contributed by atoms with Crippen molar-refractivity contribution in [1.82, 2.24) is 18.7 Å². The number of methoxy groups -OCH3 is 1. The van der Waals surface area contributed by atoms with Crippen molar-refractivity contribution in [3.8, 4) is 11.8 Å². The van der Waals surface area contributed by atoms with Gasteiger partial charge in [0.05, 0.1) is 25.8 Å². The smallest absolute Gasteiger partial charge is 0.338 e. The molecule has 0 radical (unpaired) electrons. The molecule has 0 spiro atoms. The zero-order valence-corrected chi connectivity index (χ0v) is 21.5. The van der Waals surface area contributed by atoms with Crippen molar-refractivity contribution in [3.63, 3.8) is 0 Å². The summed E-state index contributed by atoms with van der Waals surface area (Å²) in [5.74, 6) is 5.90. The van der Waals surface area contributed by atoms with Crippen LogP contribution in [0.25, 0.3) is 11.2 Å². The fraction of sp³-hybridized carbons (Fsp3) is 0.417. The average molecular weight is 543 g/mol. The number of benzene rings is 1. The number of aromatic nitrogens is 4. The van der Waals surface area contributed by atoms with Crippen LogP contribution in [0.15, 0.2) is 32.3 Å². The summed E-state index contributed by atoms with van der Waals surface area (Å²) in [4.78, 5) is 46.1. The number of nitrogens with two attached hydrogens (primary N) is 1. The molecule has 1 aliphatic rings. The number of anilines is 1. The summed E-state index contributed by atoms with van der Waals surface area (Å²) >= 11 is 3.35. The van der Waals surface area contributed by atoms with Gasteiger partial charge in [-0.05, 0) is 37.5 Å². The first kappa shape index (κ1) is 24.8. The Morgan fingerprint density at radius 2 is 2.09 bits per heavy atom. The molecule has 1 atom stereocenters. The van der Waals surface area contributed by atoms with Crippen molar-refractivity contribution in [3.05, 3.63) is 54.6 Å². The molecule has 3 aromatic rings. The number of hydrogen-bond donors (Lipinski definition) is 1. The van der Waals surface area contributed by atoms with E-state index < -0.39 is 17.2 Å². The first-order valence-corrected chi connectivity index (χ1v) is 12.0. The Labute approximate surface area is 210 Å². The van der Waals surface area contributed by atoms with E-state index in [9.17, 15) is 14.4 Å². The van der Waals surface area contributed by atoms with Crippen LogP contribution in [-0.4, -0.2) is 50.9 Å². The number of esters is 1. The van der Waals surface area contributed by atoms with Crippen LogP contribution in [-0.2, 0) is 24.9 Å². The van der Waals surface area contributed by atoms with E-state index in [-0.39, 0.29) is 35.9 Å². The highest BCUT2D eigenvalue weighted by molar-refractivity contribution is 9.10. The molecule has 35 heavy (non-hydrogen) atoms. The molecule has 1 saturated heterocycles. The van der Waals surface area contributed by atoms with Crippen LogP contribution >= 0.6 is 15.9 Å². The highest BCUT2D eigenvalue weighted by Gasteiger charge is 2.26. The number of rotatable bonds is 5. The van der Waals surface area contributed by atoms with Crippen molar-refractivity contribution in [2.24, 2.45) is 12.8 Å². The number of aryl methyl sites for hydroxylation is 1. The van der Waals surface area contributed by atoms with Gasteiger partial charge < -0.3 is 15.4 Å². The number of carbonyl (C=O) groups excluding carboxylic acids is 1. The lowest BCUT2D eigenvalue weighted by Gasteiger charge is -2.31. The summed E-state index contributed by atoms with van der Waals surface area (Å²) in [6, 6.07) is 5.04. The predicted octanol–water partition coefficient (Wildman–Crippen LogP) is 1.44. The molecule has 2 N–H and O–H groups in total. The predicted molar refractivity (Wildman–Crippen MR) is 137 cm³/mol. The standard InChI is InChI=1S/C24H27BrN6O4/c1-4-5-11-30-19-20(27-23(30)29-10-6-7-17(26)14-29)28(2)24(34)31(21(19)32)13-15-8-9-16(25)12-18(15)22(33)35-3/h8-9,12,17H,6-7,10-11,13-14,26H2,1-3H3/t17-/m1/s1. The zero-order chi connectivity index (χ0) is 25.3. The topological polar surface area (TPSA) is 117 Å². The molecule has 1 aliphatic heterocycles. The van der Waals surface area contributed by atoms with E-state index in [0.717, 1.165) is 24.0 Å². The largest absolute Gasteiger partial charge is 0.465 e. The summed E-state index contributed by atoms with van der Waals surface area (Å²) in [5, 5.41) is 0. The minimum Gasteiger partial charge on any atom is -0.465 e. The summed E-state index contributed by atoms with van der Waals surface area (Å²) in [6.45, 7) is 3.22. The Kier molecular flexibility index (Phi) is 7.14. The molecule has 0 saturated carbocycles. The molecular weight excluding hydrogens is 516 g/mol. The molecule has 11 heteroatoms. The first-order valence-electron chi connectivity index (χ1n) is 11.2. The number of piperidine rings is 1. The van der Waals surface area contributed by atoms with Gasteiger partial charge in [-0.2, -0.15) is 4.98 Å². The van der Waals surface area contributed by atoms with Crippen LogP contribution < -0.4 is 21.9 Å². The van der Waals surface area contributed by atoms with E-state index >= 15 is 0 Å². The molecular formula is C24H27BrN6O4. The fourth-order valence-electron chi connectivity index (χ4n) is 4.40. The SMILES string of the molecule is CC#CCn1c(N2CCC[C@@H](N)C2)nc2c1c(=O)n(Cc1ccc(Br)cc1C(=O)OC)c(=O)n2C. The van der Waals surface area contributed by atoms with Crippen LogP contribution in [0.1, 0.15) is 35.7 Å². The molecule has 2 aromatic heterocycles. The summed E-state index contributed by atoms with van der Waals surface area (Å²) in [7, 11) is 2.86. The van der Waals surface area contributed by atoms with Gasteiger partial charge in [0.25, 0.3) is 5.56 Å². The third-order valence-electron chi connectivity index (χ3n) is 6.17. The lowest BCUT2D eigenvalue weighted by atomic mass is 10.1. The van der Waals surface area contributed by atoms with E-state index in [4.69, 9.17) is 15.5 Å². The molecule has 184 valence electrons. The number of imidazole rings is 1. The number of carbonyl (C=O) groups is 1. The van der Waals surface area contributed by atoms with E-state index in [1.54, 1.807) is 36.7 Å². The molecule has 3 heterocycles. The van der Waals surface area contributed by atoms with Crippen molar-refractivity contribution in [1.29, 1.82) is 0 Å². The van der Waals surface area contributed by atoms with Crippen LogP contribution in [0.2, 0.25) is 0 Å². The Morgan fingerprint density at radius 1 is 1.31 bits per heavy atom. The maximum absolute atomic E-state index is 13.7. The van der Waals surface area contributed by atoms with Crippen molar-refractivity contribution < 1.29 is 9.53 Å². The summed E-state index contributed by atoms with van der Waals surface area (Å²) in [6.07, 6.45) is 1.83. The number of ether oxygens (including phenoxy) is 1. The Balaban J connectivity index is 1.93. The molecule has 0 bridgehead atoms. The fourth-order valence-corrected chi connectivity index (χ4v) is 4.76. The number of halogens is 1. The minimum atomic E-state index is -0.556. The van der Waals surface area contributed by atoms with Crippen LogP contribution in [0.5, 0.6) is 0 Å². The second kappa shape index (κ2) is 10.1. The number of nitrogens with zero attached hydrogens (tertiary/aromatic N) is 5. The molecule has 10 nitrogen and oxygen atoms in total. The summed E-state index contributed by atoms with van der Waals surface area (Å²) < 4.78 is 9.79.